The van der Waals surface area contributed by atoms with E-state index in [2.05, 4.69) is 10.3 Å². The number of methoxy groups -OCH3 is 2. The smallest absolute Gasteiger partial charge is 0.328 e. The van der Waals surface area contributed by atoms with Crippen molar-refractivity contribution in [2.75, 3.05) is 26.3 Å². The monoisotopic (exact) mass is 425 g/mol. The van der Waals surface area contributed by atoms with Gasteiger partial charge in [-0.25, -0.2) is 4.79 Å². The summed E-state index contributed by atoms with van der Waals surface area (Å²) in [5.74, 6) is 1.37. The van der Waals surface area contributed by atoms with E-state index in [4.69, 9.17) is 18.9 Å². The van der Waals surface area contributed by atoms with E-state index in [1.165, 1.54) is 14.2 Å². The van der Waals surface area contributed by atoms with Gasteiger partial charge < -0.3 is 29.2 Å². The second-order valence-corrected chi connectivity index (χ2v) is 6.64. The van der Waals surface area contributed by atoms with E-state index in [-0.39, 0.29) is 18.9 Å². The van der Waals surface area contributed by atoms with Crippen LogP contribution in [0.1, 0.15) is 15.9 Å². The molecule has 0 saturated heterocycles. The highest BCUT2D eigenvalue weighted by atomic mass is 16.7. The lowest BCUT2D eigenvalue weighted by Gasteiger charge is -2.11. The van der Waals surface area contributed by atoms with Crippen LogP contribution in [-0.2, 0) is 6.54 Å². The second-order valence-electron chi connectivity index (χ2n) is 6.64. The molecule has 1 aromatic heterocycles. The maximum atomic E-state index is 12.9. The van der Waals surface area contributed by atoms with Gasteiger partial charge in [0, 0.05) is 30.1 Å². The largest absolute Gasteiger partial charge is 0.497 e. The first-order chi connectivity index (χ1) is 15.0. The molecule has 0 fully saturated rings. The van der Waals surface area contributed by atoms with Crippen molar-refractivity contribution in [3.8, 4) is 23.0 Å². The molecule has 2 heterocycles. The molecule has 0 radical (unpaired) electrons. The number of nitrogens with one attached hydrogen (secondary N) is 2. The van der Waals surface area contributed by atoms with Crippen molar-refractivity contribution in [2.45, 2.75) is 6.54 Å². The SMILES string of the molecule is COc1cc(NC(=O)c2c[nH]c(=O)n(Cc3ccc4c(c3)OCO4)c2=O)cc(OC)c1. The van der Waals surface area contributed by atoms with Crippen molar-refractivity contribution in [3.05, 3.63) is 74.6 Å². The molecule has 0 aliphatic carbocycles. The highest BCUT2D eigenvalue weighted by Gasteiger charge is 2.18. The Balaban J connectivity index is 1.62. The van der Waals surface area contributed by atoms with Crippen LogP contribution < -0.4 is 35.5 Å². The van der Waals surface area contributed by atoms with Gasteiger partial charge in [-0.3, -0.25) is 14.2 Å². The van der Waals surface area contributed by atoms with Gasteiger partial charge in [-0.2, -0.15) is 0 Å². The van der Waals surface area contributed by atoms with Gasteiger partial charge >= 0.3 is 5.69 Å². The maximum Gasteiger partial charge on any atom is 0.328 e. The number of aromatic nitrogens is 2. The lowest BCUT2D eigenvalue weighted by molar-refractivity contribution is 0.102. The van der Waals surface area contributed by atoms with Gasteiger partial charge in [0.25, 0.3) is 11.5 Å². The topological polar surface area (TPSA) is 121 Å². The molecule has 4 rings (SSSR count). The number of ether oxygens (including phenoxy) is 4. The normalized spacial score (nSPS) is 11.8. The van der Waals surface area contributed by atoms with Crippen LogP contribution in [0, 0.1) is 0 Å². The van der Waals surface area contributed by atoms with Crippen LogP contribution in [0.5, 0.6) is 23.0 Å². The molecule has 0 bridgehead atoms. The lowest BCUT2D eigenvalue weighted by Crippen LogP contribution is -2.39. The Labute approximate surface area is 176 Å². The first-order valence-electron chi connectivity index (χ1n) is 9.24. The Bertz CT molecular complexity index is 1240. The molecule has 1 amide bonds. The van der Waals surface area contributed by atoms with Crippen LogP contribution in [0.4, 0.5) is 5.69 Å². The Hall–Kier alpha value is -4.21. The third kappa shape index (κ3) is 4.08. The van der Waals surface area contributed by atoms with Gasteiger partial charge in [-0.05, 0) is 17.7 Å². The second kappa shape index (κ2) is 8.27. The molecule has 10 nitrogen and oxygen atoms in total. The summed E-state index contributed by atoms with van der Waals surface area (Å²) >= 11 is 0. The van der Waals surface area contributed by atoms with E-state index in [9.17, 15) is 14.4 Å². The van der Waals surface area contributed by atoms with Crippen LogP contribution in [0.2, 0.25) is 0 Å². The molecule has 1 aliphatic rings. The summed E-state index contributed by atoms with van der Waals surface area (Å²) < 4.78 is 21.9. The van der Waals surface area contributed by atoms with E-state index in [1.807, 2.05) is 0 Å². The van der Waals surface area contributed by atoms with Gasteiger partial charge in [-0.15, -0.1) is 0 Å². The van der Waals surface area contributed by atoms with Crippen molar-refractivity contribution < 1.29 is 23.7 Å². The third-order valence-electron chi connectivity index (χ3n) is 4.69. The number of anilines is 1. The molecule has 160 valence electrons. The summed E-state index contributed by atoms with van der Waals surface area (Å²) in [7, 11) is 2.97. The number of rotatable bonds is 6. The minimum Gasteiger partial charge on any atom is -0.497 e. The number of carbonyl (C=O) groups excluding carboxylic acids is 1. The van der Waals surface area contributed by atoms with Gasteiger partial charge in [0.15, 0.2) is 11.5 Å². The molecule has 0 saturated carbocycles. The number of aromatic amines is 1. The molecule has 2 aromatic carbocycles. The molecule has 2 N–H and O–H groups in total. The van der Waals surface area contributed by atoms with E-state index < -0.39 is 17.2 Å². The summed E-state index contributed by atoms with van der Waals surface area (Å²) in [6.45, 7) is 0.0724. The van der Waals surface area contributed by atoms with Gasteiger partial charge in [-0.1, -0.05) is 6.07 Å². The number of hydrogen-bond acceptors (Lipinski definition) is 7. The third-order valence-corrected chi connectivity index (χ3v) is 4.69. The summed E-state index contributed by atoms with van der Waals surface area (Å²) in [5, 5.41) is 2.62. The van der Waals surface area contributed by atoms with Crippen LogP contribution in [0.3, 0.4) is 0 Å². The number of H-pyrrole nitrogens is 1. The van der Waals surface area contributed by atoms with Gasteiger partial charge in [0.05, 0.1) is 20.8 Å². The summed E-state index contributed by atoms with van der Waals surface area (Å²) in [6.07, 6.45) is 1.09. The lowest BCUT2D eigenvalue weighted by atomic mass is 10.2. The van der Waals surface area contributed by atoms with Crippen LogP contribution in [-0.4, -0.2) is 36.5 Å². The highest BCUT2D eigenvalue weighted by molar-refractivity contribution is 6.04. The molecule has 0 spiro atoms. The van der Waals surface area contributed by atoms with E-state index in [1.54, 1.807) is 36.4 Å². The first kappa shape index (κ1) is 20.1. The molecule has 10 heteroatoms. The standard InChI is InChI=1S/C21H19N3O7/c1-28-14-6-13(7-15(8-14)29-2)23-19(25)16-9-22-21(27)24(20(16)26)10-12-3-4-17-18(5-12)31-11-30-17/h3-9H,10-11H2,1-2H3,(H,22,27)(H,23,25). The molecule has 1 aliphatic heterocycles. The highest BCUT2D eigenvalue weighted by Crippen LogP contribution is 2.32. The summed E-state index contributed by atoms with van der Waals surface area (Å²) in [5.41, 5.74) is -0.570. The summed E-state index contributed by atoms with van der Waals surface area (Å²) in [6, 6.07) is 9.91. The zero-order chi connectivity index (χ0) is 22.0. The number of hydrogen-bond donors (Lipinski definition) is 2. The minimum absolute atomic E-state index is 0.0427. The molecule has 0 unspecified atom stereocenters. The summed E-state index contributed by atoms with van der Waals surface area (Å²) in [4.78, 5) is 40.3. The number of nitrogens with zero attached hydrogens (tertiary/aromatic N) is 1. The van der Waals surface area contributed by atoms with Crippen molar-refractivity contribution in [1.29, 1.82) is 0 Å². The Morgan fingerprint density at radius 2 is 1.77 bits per heavy atom. The van der Waals surface area contributed by atoms with Crippen LogP contribution >= 0.6 is 0 Å². The average Bonchev–Trinajstić information content (AvgIpc) is 3.24. The zero-order valence-corrected chi connectivity index (χ0v) is 16.8. The van der Waals surface area contributed by atoms with Crippen molar-refractivity contribution >= 4 is 11.6 Å². The predicted molar refractivity (Wildman–Crippen MR) is 110 cm³/mol. The molecule has 0 atom stereocenters. The maximum absolute atomic E-state index is 12.9. The predicted octanol–water partition coefficient (Wildman–Crippen LogP) is 1.58. The fourth-order valence-electron chi connectivity index (χ4n) is 3.12. The zero-order valence-electron chi connectivity index (χ0n) is 16.8. The van der Waals surface area contributed by atoms with Crippen LogP contribution in [0.15, 0.2) is 52.2 Å². The minimum atomic E-state index is -0.728. The number of amides is 1. The van der Waals surface area contributed by atoms with Crippen LogP contribution in [0.25, 0.3) is 0 Å². The van der Waals surface area contributed by atoms with E-state index in [0.29, 0.717) is 34.2 Å². The van der Waals surface area contributed by atoms with E-state index in [0.717, 1.165) is 10.8 Å². The Morgan fingerprint density at radius 3 is 2.48 bits per heavy atom. The average molecular weight is 425 g/mol. The quantitative estimate of drug-likeness (QED) is 0.615. The first-order valence-corrected chi connectivity index (χ1v) is 9.24. The number of fused-ring (bicyclic) bond motifs is 1. The van der Waals surface area contributed by atoms with E-state index >= 15 is 0 Å². The van der Waals surface area contributed by atoms with Crippen molar-refractivity contribution in [3.63, 3.8) is 0 Å². The molecule has 31 heavy (non-hydrogen) atoms. The molecular weight excluding hydrogens is 406 g/mol. The fraction of sp³-hybridized carbons (Fsp3) is 0.190. The number of benzene rings is 2. The van der Waals surface area contributed by atoms with Crippen molar-refractivity contribution in [1.82, 2.24) is 9.55 Å². The Morgan fingerprint density at radius 1 is 1.06 bits per heavy atom. The molecule has 3 aromatic rings. The Kier molecular flexibility index (Phi) is 5.35. The molecular formula is C21H19N3O7. The fourth-order valence-corrected chi connectivity index (χ4v) is 3.12. The van der Waals surface area contributed by atoms with Gasteiger partial charge in [0.1, 0.15) is 17.1 Å². The van der Waals surface area contributed by atoms with Gasteiger partial charge in [0.2, 0.25) is 6.79 Å². The number of carbonyl (C=O) groups is 1. The van der Waals surface area contributed by atoms with Crippen molar-refractivity contribution in [2.24, 2.45) is 0 Å².